The first-order valence-electron chi connectivity index (χ1n) is 6.53. The van der Waals surface area contributed by atoms with Crippen LogP contribution < -0.4 is 0 Å². The molecule has 0 atom stereocenters. The van der Waals surface area contributed by atoms with Gasteiger partial charge in [-0.2, -0.15) is 0 Å². The van der Waals surface area contributed by atoms with Crippen LogP contribution in [0.1, 0.15) is 31.2 Å². The van der Waals surface area contributed by atoms with Crippen LogP contribution in [0.3, 0.4) is 0 Å². The number of fused-ring (bicyclic) bond motifs is 1. The number of carbonyl (C=O) groups excluding carboxylic acids is 1. The third-order valence-corrected chi connectivity index (χ3v) is 3.47. The van der Waals surface area contributed by atoms with Crippen molar-refractivity contribution in [2.75, 3.05) is 6.61 Å². The average molecular weight is 281 g/mol. The van der Waals surface area contributed by atoms with Gasteiger partial charge in [0.15, 0.2) is 0 Å². The Kier molecular flexibility index (Phi) is 5.28. The molecule has 0 saturated heterocycles. The number of unbranched alkanes of at least 4 members (excludes halogenated alkanes) is 3. The molecule has 102 valence electrons. The third-order valence-electron chi connectivity index (χ3n) is 3.15. The summed E-state index contributed by atoms with van der Waals surface area (Å²) in [7, 11) is 0. The molecule has 0 spiro atoms. The van der Waals surface area contributed by atoms with Crippen LogP contribution in [0.2, 0.25) is 5.02 Å². The minimum absolute atomic E-state index is 0.500. The van der Waals surface area contributed by atoms with Gasteiger partial charge < -0.3 is 9.15 Å². The fraction of sp³-hybridized carbons (Fsp3) is 0.400. The molecule has 0 fully saturated rings. The predicted octanol–water partition coefficient (Wildman–Crippen LogP) is 4.36. The number of hydrogen-bond acceptors (Lipinski definition) is 3. The van der Waals surface area contributed by atoms with Crippen molar-refractivity contribution in [3.8, 4) is 0 Å². The molecule has 0 aliphatic carbocycles. The Morgan fingerprint density at radius 2 is 2.05 bits per heavy atom. The van der Waals surface area contributed by atoms with Gasteiger partial charge in [-0.25, -0.2) is 0 Å². The molecule has 1 aromatic heterocycles. The molecule has 3 nitrogen and oxygen atoms in total. The first-order chi connectivity index (χ1) is 9.33. The van der Waals surface area contributed by atoms with Gasteiger partial charge in [0.2, 0.25) is 0 Å². The van der Waals surface area contributed by atoms with Gasteiger partial charge in [-0.05, 0) is 37.0 Å². The van der Waals surface area contributed by atoms with Crippen LogP contribution >= 0.6 is 11.6 Å². The standard InChI is InChI=1S/C15H17ClO3/c16-13-7-5-8-14-15(13)12(10-19-14)6-3-1-2-4-9-18-11-17/h5,7-8,10-11H,1-4,6,9H2. The molecule has 0 saturated carbocycles. The Balaban J connectivity index is 1.80. The summed E-state index contributed by atoms with van der Waals surface area (Å²) in [6, 6.07) is 5.71. The molecule has 0 bridgehead atoms. The normalized spacial score (nSPS) is 10.8. The number of rotatable bonds is 8. The summed E-state index contributed by atoms with van der Waals surface area (Å²) in [5.74, 6) is 0. The van der Waals surface area contributed by atoms with E-state index >= 15 is 0 Å². The average Bonchev–Trinajstić information content (AvgIpc) is 2.82. The molecular formula is C15H17ClO3. The van der Waals surface area contributed by atoms with E-state index in [1.54, 1.807) is 6.26 Å². The Morgan fingerprint density at radius 3 is 2.89 bits per heavy atom. The SMILES string of the molecule is O=COCCCCCCc1coc2cccc(Cl)c12. The van der Waals surface area contributed by atoms with Gasteiger partial charge in [-0.15, -0.1) is 0 Å². The first kappa shape index (κ1) is 13.9. The van der Waals surface area contributed by atoms with Gasteiger partial charge in [0.05, 0.1) is 17.9 Å². The van der Waals surface area contributed by atoms with Crippen molar-refractivity contribution in [3.63, 3.8) is 0 Å². The smallest absolute Gasteiger partial charge is 0.293 e. The summed E-state index contributed by atoms with van der Waals surface area (Å²) in [6.07, 6.45) is 6.95. The highest BCUT2D eigenvalue weighted by molar-refractivity contribution is 6.35. The summed E-state index contributed by atoms with van der Waals surface area (Å²) in [4.78, 5) is 9.96. The van der Waals surface area contributed by atoms with E-state index in [0.29, 0.717) is 13.1 Å². The van der Waals surface area contributed by atoms with Gasteiger partial charge >= 0.3 is 0 Å². The Morgan fingerprint density at radius 1 is 1.21 bits per heavy atom. The van der Waals surface area contributed by atoms with E-state index in [1.165, 1.54) is 5.56 Å². The quantitative estimate of drug-likeness (QED) is 0.533. The zero-order valence-electron chi connectivity index (χ0n) is 10.7. The third kappa shape index (κ3) is 3.74. The molecule has 0 aliphatic rings. The molecule has 4 heteroatoms. The second-order valence-electron chi connectivity index (χ2n) is 4.51. The first-order valence-corrected chi connectivity index (χ1v) is 6.90. The second kappa shape index (κ2) is 7.19. The largest absolute Gasteiger partial charge is 0.468 e. The van der Waals surface area contributed by atoms with Crippen LogP contribution in [0, 0.1) is 0 Å². The van der Waals surface area contributed by atoms with Crippen LogP contribution in [-0.4, -0.2) is 13.1 Å². The predicted molar refractivity (Wildman–Crippen MR) is 75.4 cm³/mol. The minimum atomic E-state index is 0.500. The molecule has 2 aromatic rings. The number of benzene rings is 1. The highest BCUT2D eigenvalue weighted by Crippen LogP contribution is 2.29. The van der Waals surface area contributed by atoms with Crippen molar-refractivity contribution in [1.82, 2.24) is 0 Å². The molecule has 0 amide bonds. The molecule has 0 radical (unpaired) electrons. The van der Waals surface area contributed by atoms with Crippen molar-refractivity contribution in [3.05, 3.63) is 35.0 Å². The molecule has 1 heterocycles. The summed E-state index contributed by atoms with van der Waals surface area (Å²) < 4.78 is 10.1. The molecule has 0 N–H and O–H groups in total. The summed E-state index contributed by atoms with van der Waals surface area (Å²) in [5, 5.41) is 1.79. The molecule has 2 rings (SSSR count). The molecule has 19 heavy (non-hydrogen) atoms. The summed E-state index contributed by atoms with van der Waals surface area (Å²) in [6.45, 7) is 1.02. The Labute approximate surface area is 117 Å². The van der Waals surface area contributed by atoms with Gasteiger partial charge in [0.25, 0.3) is 6.47 Å². The lowest BCUT2D eigenvalue weighted by atomic mass is 10.1. The van der Waals surface area contributed by atoms with Gasteiger partial charge in [0.1, 0.15) is 5.58 Å². The molecule has 0 aliphatic heterocycles. The van der Waals surface area contributed by atoms with Gasteiger partial charge in [-0.3, -0.25) is 4.79 Å². The molecule has 1 aromatic carbocycles. The highest BCUT2D eigenvalue weighted by atomic mass is 35.5. The number of carbonyl (C=O) groups is 1. The molecule has 0 unspecified atom stereocenters. The Hall–Kier alpha value is -1.48. The number of halogens is 1. The van der Waals surface area contributed by atoms with E-state index in [-0.39, 0.29) is 0 Å². The van der Waals surface area contributed by atoms with Crippen LogP contribution in [0.5, 0.6) is 0 Å². The topological polar surface area (TPSA) is 39.4 Å². The fourth-order valence-corrected chi connectivity index (χ4v) is 2.48. The van der Waals surface area contributed by atoms with E-state index in [1.807, 2.05) is 18.2 Å². The zero-order valence-corrected chi connectivity index (χ0v) is 11.5. The lowest BCUT2D eigenvalue weighted by Crippen LogP contribution is -1.92. The van der Waals surface area contributed by atoms with Crippen LogP contribution in [0.15, 0.2) is 28.9 Å². The highest BCUT2D eigenvalue weighted by Gasteiger charge is 2.08. The van der Waals surface area contributed by atoms with E-state index in [2.05, 4.69) is 4.74 Å². The Bertz CT molecular complexity index is 533. The van der Waals surface area contributed by atoms with Crippen molar-refractivity contribution in [2.24, 2.45) is 0 Å². The minimum Gasteiger partial charge on any atom is -0.468 e. The maximum Gasteiger partial charge on any atom is 0.293 e. The van der Waals surface area contributed by atoms with Crippen molar-refractivity contribution in [2.45, 2.75) is 32.1 Å². The van der Waals surface area contributed by atoms with Crippen molar-refractivity contribution >= 4 is 29.0 Å². The zero-order chi connectivity index (χ0) is 13.5. The second-order valence-corrected chi connectivity index (χ2v) is 4.91. The van der Waals surface area contributed by atoms with E-state index in [0.717, 1.165) is 48.1 Å². The lowest BCUT2D eigenvalue weighted by Gasteiger charge is -2.01. The monoisotopic (exact) mass is 280 g/mol. The summed E-state index contributed by atoms with van der Waals surface area (Å²) >= 11 is 6.19. The van der Waals surface area contributed by atoms with E-state index in [9.17, 15) is 4.79 Å². The summed E-state index contributed by atoms with van der Waals surface area (Å²) in [5.41, 5.74) is 2.02. The van der Waals surface area contributed by atoms with Crippen molar-refractivity contribution in [1.29, 1.82) is 0 Å². The number of hydrogen-bond donors (Lipinski definition) is 0. The van der Waals surface area contributed by atoms with Crippen LogP contribution in [0.4, 0.5) is 0 Å². The fourth-order valence-electron chi connectivity index (χ4n) is 2.19. The molecular weight excluding hydrogens is 264 g/mol. The van der Waals surface area contributed by atoms with Gasteiger partial charge in [0, 0.05) is 5.39 Å². The number of furan rings is 1. The van der Waals surface area contributed by atoms with Gasteiger partial charge in [-0.1, -0.05) is 30.5 Å². The van der Waals surface area contributed by atoms with Crippen molar-refractivity contribution < 1.29 is 13.9 Å². The number of aryl methyl sites for hydroxylation is 1. The van der Waals surface area contributed by atoms with E-state index < -0.39 is 0 Å². The maximum absolute atomic E-state index is 9.96. The van der Waals surface area contributed by atoms with Crippen LogP contribution in [0.25, 0.3) is 11.0 Å². The maximum atomic E-state index is 9.96. The number of ether oxygens (including phenoxy) is 1. The van der Waals surface area contributed by atoms with Crippen LogP contribution in [-0.2, 0) is 16.0 Å². The lowest BCUT2D eigenvalue weighted by molar-refractivity contribution is -0.128. The van der Waals surface area contributed by atoms with E-state index in [4.69, 9.17) is 16.0 Å².